The number of aliphatic hydroxyl groups is 1. The summed E-state index contributed by atoms with van der Waals surface area (Å²) in [6, 6.07) is 0. The van der Waals surface area contributed by atoms with Crippen molar-refractivity contribution in [3.05, 3.63) is 11.6 Å². The number of carbonyl (C=O) groups is 4. The monoisotopic (exact) mass is 432 g/mol. The lowest BCUT2D eigenvalue weighted by molar-refractivity contribution is -0.175. The minimum Gasteiger partial charge on any atom is -0.481 e. The molecule has 2 N–H and O–H groups in total. The molecule has 0 heterocycles. The van der Waals surface area contributed by atoms with E-state index in [0.717, 1.165) is 5.57 Å². The van der Waals surface area contributed by atoms with Crippen molar-refractivity contribution in [3.8, 4) is 0 Å². The van der Waals surface area contributed by atoms with Crippen LogP contribution in [0.2, 0.25) is 0 Å². The van der Waals surface area contributed by atoms with Gasteiger partial charge in [0.25, 0.3) is 0 Å². The molecule has 7 heteroatoms. The van der Waals surface area contributed by atoms with E-state index in [2.05, 4.69) is 0 Å². The van der Waals surface area contributed by atoms with Crippen molar-refractivity contribution >= 4 is 23.5 Å². The quantitative estimate of drug-likeness (QED) is 0.656. The standard InChI is InChI=1S/C24H32O7/c1-22-7-4-14(25)10-13(22)11-15(21(29)31-3)19-16-5-8-24(30,9-6-18(27)28)23(16,2)12-17(26)20(19)22/h10,15-16,19-20,30H,4-9,11-12H2,1-3H3,(H,27,28)/t15-,16+,19+,20+,22+,23+,24-/m1/s1. The number of carboxylic acid groups (broad SMARTS) is 1. The van der Waals surface area contributed by atoms with Gasteiger partial charge in [0.05, 0.1) is 18.6 Å². The van der Waals surface area contributed by atoms with Crippen molar-refractivity contribution in [1.29, 1.82) is 0 Å². The van der Waals surface area contributed by atoms with Crippen LogP contribution in [0.25, 0.3) is 0 Å². The highest BCUT2D eigenvalue weighted by Crippen LogP contribution is 2.68. The Kier molecular flexibility index (Phi) is 5.19. The van der Waals surface area contributed by atoms with Gasteiger partial charge < -0.3 is 14.9 Å². The predicted molar refractivity (Wildman–Crippen MR) is 110 cm³/mol. The summed E-state index contributed by atoms with van der Waals surface area (Å²) in [7, 11) is 1.34. The lowest BCUT2D eigenvalue weighted by Gasteiger charge is -2.59. The summed E-state index contributed by atoms with van der Waals surface area (Å²) in [6.07, 6.45) is 4.17. The van der Waals surface area contributed by atoms with Crippen LogP contribution < -0.4 is 0 Å². The second-order valence-electron chi connectivity index (χ2n) is 10.6. The van der Waals surface area contributed by atoms with Crippen LogP contribution in [0.15, 0.2) is 11.6 Å². The molecule has 3 saturated carbocycles. The molecule has 170 valence electrons. The third-order valence-corrected chi connectivity index (χ3v) is 9.30. The molecule has 0 amide bonds. The number of ketones is 2. The second kappa shape index (κ2) is 7.26. The molecule has 0 saturated heterocycles. The largest absolute Gasteiger partial charge is 0.481 e. The van der Waals surface area contributed by atoms with Gasteiger partial charge in [-0.1, -0.05) is 19.4 Å². The van der Waals surface area contributed by atoms with Gasteiger partial charge in [-0.2, -0.15) is 0 Å². The zero-order valence-corrected chi connectivity index (χ0v) is 18.5. The molecule has 4 aliphatic carbocycles. The van der Waals surface area contributed by atoms with E-state index in [1.54, 1.807) is 6.08 Å². The van der Waals surface area contributed by atoms with Crippen molar-refractivity contribution in [3.63, 3.8) is 0 Å². The number of allylic oxidation sites excluding steroid dienone is 1. The highest BCUT2D eigenvalue weighted by Gasteiger charge is 2.68. The zero-order chi connectivity index (χ0) is 22.8. The zero-order valence-electron chi connectivity index (χ0n) is 18.5. The summed E-state index contributed by atoms with van der Waals surface area (Å²) in [6.45, 7) is 3.94. The van der Waals surface area contributed by atoms with Crippen LogP contribution in [0.1, 0.15) is 65.2 Å². The number of hydrogen-bond acceptors (Lipinski definition) is 6. The number of aliphatic carboxylic acids is 1. The van der Waals surface area contributed by atoms with Gasteiger partial charge in [-0.25, -0.2) is 0 Å². The van der Waals surface area contributed by atoms with Crippen LogP contribution >= 0.6 is 0 Å². The minimum absolute atomic E-state index is 0.00996. The average Bonchev–Trinajstić information content (AvgIpc) is 2.96. The molecule has 4 aliphatic rings. The summed E-state index contributed by atoms with van der Waals surface area (Å²) in [5.74, 6) is -2.63. The van der Waals surface area contributed by atoms with Crippen LogP contribution in [0.3, 0.4) is 0 Å². The first-order valence-corrected chi connectivity index (χ1v) is 11.3. The molecular formula is C24H32O7. The Morgan fingerprint density at radius 1 is 1.23 bits per heavy atom. The normalized spacial score (nSPS) is 44.1. The average molecular weight is 433 g/mol. The Hall–Kier alpha value is -2.02. The molecule has 0 radical (unpaired) electrons. The van der Waals surface area contributed by atoms with Gasteiger partial charge in [-0.15, -0.1) is 0 Å². The first-order valence-electron chi connectivity index (χ1n) is 11.3. The number of ether oxygens (including phenoxy) is 1. The number of fused-ring (bicyclic) bond motifs is 5. The van der Waals surface area contributed by atoms with Crippen LogP contribution in [-0.4, -0.2) is 46.4 Å². The highest BCUT2D eigenvalue weighted by atomic mass is 16.5. The number of carbonyl (C=O) groups excluding carboxylic acids is 3. The number of Topliss-reactive ketones (excluding diaryl/α,β-unsaturated/α-hetero) is 1. The van der Waals surface area contributed by atoms with E-state index in [1.165, 1.54) is 7.11 Å². The fourth-order valence-electron chi connectivity index (χ4n) is 7.58. The fourth-order valence-corrected chi connectivity index (χ4v) is 7.58. The van der Waals surface area contributed by atoms with Gasteiger partial charge in [0.2, 0.25) is 0 Å². The van der Waals surface area contributed by atoms with Gasteiger partial charge >= 0.3 is 11.9 Å². The van der Waals surface area contributed by atoms with E-state index in [0.29, 0.717) is 32.1 Å². The molecule has 31 heavy (non-hydrogen) atoms. The van der Waals surface area contributed by atoms with E-state index < -0.39 is 34.2 Å². The van der Waals surface area contributed by atoms with Crippen molar-refractivity contribution in [1.82, 2.24) is 0 Å². The molecule has 3 fully saturated rings. The summed E-state index contributed by atoms with van der Waals surface area (Å²) >= 11 is 0. The molecular weight excluding hydrogens is 400 g/mol. The van der Waals surface area contributed by atoms with E-state index in [9.17, 15) is 24.3 Å². The minimum atomic E-state index is -1.25. The summed E-state index contributed by atoms with van der Waals surface area (Å²) in [5, 5.41) is 20.7. The highest BCUT2D eigenvalue weighted by molar-refractivity contribution is 5.93. The van der Waals surface area contributed by atoms with Gasteiger partial charge in [0.15, 0.2) is 5.78 Å². The van der Waals surface area contributed by atoms with Crippen LogP contribution in [-0.2, 0) is 23.9 Å². The predicted octanol–water partition coefficient (Wildman–Crippen LogP) is 2.69. The van der Waals surface area contributed by atoms with E-state index >= 15 is 0 Å². The Bertz CT molecular complexity index is 875. The van der Waals surface area contributed by atoms with Gasteiger partial charge in [-0.3, -0.25) is 19.2 Å². The topological polar surface area (TPSA) is 118 Å². The number of carboxylic acids is 1. The third-order valence-electron chi connectivity index (χ3n) is 9.30. The summed E-state index contributed by atoms with van der Waals surface area (Å²) in [5.41, 5.74) is -1.63. The van der Waals surface area contributed by atoms with E-state index in [4.69, 9.17) is 9.84 Å². The maximum atomic E-state index is 13.7. The molecule has 0 bridgehead atoms. The van der Waals surface area contributed by atoms with Crippen molar-refractivity contribution in [2.45, 2.75) is 70.8 Å². The van der Waals surface area contributed by atoms with E-state index in [1.807, 2.05) is 13.8 Å². The molecule has 0 aromatic heterocycles. The Balaban J connectivity index is 1.79. The molecule has 0 unspecified atom stereocenters. The lowest BCUT2D eigenvalue weighted by atomic mass is 9.43. The summed E-state index contributed by atoms with van der Waals surface area (Å²) < 4.78 is 5.12. The maximum Gasteiger partial charge on any atom is 0.309 e. The van der Waals surface area contributed by atoms with Crippen molar-refractivity contribution < 1.29 is 34.1 Å². The molecule has 0 aromatic carbocycles. The smallest absolute Gasteiger partial charge is 0.309 e. The molecule has 7 nitrogen and oxygen atoms in total. The second-order valence-corrected chi connectivity index (χ2v) is 10.6. The first kappa shape index (κ1) is 22.2. The molecule has 0 spiro atoms. The molecule has 4 rings (SSSR count). The molecule has 0 aliphatic heterocycles. The van der Waals surface area contributed by atoms with Gasteiger partial charge in [0.1, 0.15) is 5.78 Å². The van der Waals surface area contributed by atoms with Crippen molar-refractivity contribution in [2.24, 2.45) is 34.5 Å². The molecule has 0 aromatic rings. The first-order chi connectivity index (χ1) is 14.5. The number of esters is 1. The summed E-state index contributed by atoms with van der Waals surface area (Å²) in [4.78, 5) is 49.9. The van der Waals surface area contributed by atoms with Crippen LogP contribution in [0, 0.1) is 34.5 Å². The number of methoxy groups -OCH3 is 1. The SMILES string of the molecule is COC(=O)[C@@H]1CC2=CC(=O)CC[C@]2(C)[C@H]2C(=O)C[C@@]3(C)[C@@H](CC[C@@]3(O)CCC(=O)O)[C@H]12. The maximum absolute atomic E-state index is 13.7. The third kappa shape index (κ3) is 3.11. The fraction of sp³-hybridized carbons (Fsp3) is 0.750. The Labute approximate surface area is 182 Å². The van der Waals surface area contributed by atoms with Gasteiger partial charge in [-0.05, 0) is 55.4 Å². The Morgan fingerprint density at radius 3 is 2.58 bits per heavy atom. The number of hydrogen-bond donors (Lipinski definition) is 2. The molecule has 7 atom stereocenters. The van der Waals surface area contributed by atoms with Gasteiger partial charge in [0, 0.05) is 30.6 Å². The Morgan fingerprint density at radius 2 is 1.94 bits per heavy atom. The van der Waals surface area contributed by atoms with E-state index in [-0.39, 0.29) is 48.6 Å². The van der Waals surface area contributed by atoms with Crippen LogP contribution in [0.4, 0.5) is 0 Å². The number of rotatable bonds is 4. The lowest BCUT2D eigenvalue weighted by Crippen LogP contribution is -2.61. The van der Waals surface area contributed by atoms with Crippen LogP contribution in [0.5, 0.6) is 0 Å². The van der Waals surface area contributed by atoms with Crippen molar-refractivity contribution in [2.75, 3.05) is 7.11 Å².